The Morgan fingerprint density at radius 1 is 1.14 bits per heavy atom. The van der Waals surface area contributed by atoms with E-state index in [2.05, 4.69) is 47.2 Å². The molecule has 1 amide bonds. The first-order chi connectivity index (χ1) is 13.7. The second-order valence-electron chi connectivity index (χ2n) is 6.92. The van der Waals surface area contributed by atoms with Crippen LogP contribution in [0.1, 0.15) is 34.2 Å². The van der Waals surface area contributed by atoms with Crippen molar-refractivity contribution in [2.24, 2.45) is 0 Å². The zero-order chi connectivity index (χ0) is 19.3. The average Bonchev–Trinajstić information content (AvgIpc) is 3.31. The van der Waals surface area contributed by atoms with Gasteiger partial charge in [-0.2, -0.15) is 0 Å². The second kappa shape index (κ2) is 8.06. The van der Waals surface area contributed by atoms with Gasteiger partial charge < -0.3 is 14.6 Å². The highest BCUT2D eigenvalue weighted by molar-refractivity contribution is 5.95. The van der Waals surface area contributed by atoms with Crippen LogP contribution >= 0.6 is 0 Å². The summed E-state index contributed by atoms with van der Waals surface area (Å²) in [6, 6.07) is 20.2. The lowest BCUT2D eigenvalue weighted by atomic mass is 10.1. The number of hydrogen-bond acceptors (Lipinski definition) is 3. The second-order valence-corrected chi connectivity index (χ2v) is 6.92. The van der Waals surface area contributed by atoms with Gasteiger partial charge in [0.05, 0.1) is 24.9 Å². The van der Waals surface area contributed by atoms with E-state index in [0.717, 1.165) is 12.0 Å². The first kappa shape index (κ1) is 17.9. The molecule has 2 heterocycles. The number of carbonyl (C=O) groups is 1. The van der Waals surface area contributed by atoms with Crippen LogP contribution in [0.15, 0.2) is 71.3 Å². The molecule has 0 spiro atoms. The third-order valence-electron chi connectivity index (χ3n) is 5.00. The summed E-state index contributed by atoms with van der Waals surface area (Å²) in [5, 5.41) is 2.86. The first-order valence-electron chi connectivity index (χ1n) is 9.45. The quantitative estimate of drug-likeness (QED) is 0.706. The Morgan fingerprint density at radius 2 is 1.93 bits per heavy atom. The summed E-state index contributed by atoms with van der Waals surface area (Å²) >= 11 is 0. The van der Waals surface area contributed by atoms with E-state index in [0.29, 0.717) is 30.5 Å². The summed E-state index contributed by atoms with van der Waals surface area (Å²) in [5.41, 5.74) is 4.05. The zero-order valence-electron chi connectivity index (χ0n) is 15.8. The predicted molar refractivity (Wildman–Crippen MR) is 110 cm³/mol. The maximum atomic E-state index is 12.6. The van der Waals surface area contributed by atoms with E-state index in [1.165, 1.54) is 11.3 Å². The van der Waals surface area contributed by atoms with Crippen LogP contribution in [0.4, 0.5) is 5.69 Å². The van der Waals surface area contributed by atoms with E-state index < -0.39 is 0 Å². The predicted octanol–water partition coefficient (Wildman–Crippen LogP) is 4.01. The van der Waals surface area contributed by atoms with E-state index in [4.69, 9.17) is 4.42 Å². The summed E-state index contributed by atoms with van der Waals surface area (Å²) in [6.07, 6.45) is 2.58. The fraction of sp³-hybridized carbons (Fsp3) is 0.208. The summed E-state index contributed by atoms with van der Waals surface area (Å²) in [5.74, 6) is 6.54. The number of nitrogens with zero attached hydrogens (tertiary/aromatic N) is 1. The number of furan rings is 1. The molecule has 1 aliphatic rings. The third-order valence-corrected chi connectivity index (χ3v) is 5.00. The molecule has 0 fully saturated rings. The highest BCUT2D eigenvalue weighted by Crippen LogP contribution is 2.33. The number of amides is 1. The molecular formula is C24H22N2O2. The lowest BCUT2D eigenvalue weighted by molar-refractivity contribution is 0.0956. The van der Waals surface area contributed by atoms with Crippen molar-refractivity contribution in [3.63, 3.8) is 0 Å². The van der Waals surface area contributed by atoms with Gasteiger partial charge in [-0.25, -0.2) is 0 Å². The molecular weight excluding hydrogens is 348 g/mol. The number of fused-ring (bicyclic) bond motifs is 1. The van der Waals surface area contributed by atoms with E-state index >= 15 is 0 Å². The number of carbonyl (C=O) groups excluding carboxylic acids is 1. The Morgan fingerprint density at radius 3 is 2.79 bits per heavy atom. The van der Waals surface area contributed by atoms with Crippen molar-refractivity contribution in [2.75, 3.05) is 11.4 Å². The van der Waals surface area contributed by atoms with Crippen LogP contribution in [0.3, 0.4) is 0 Å². The zero-order valence-corrected chi connectivity index (χ0v) is 15.8. The Bertz CT molecular complexity index is 1030. The van der Waals surface area contributed by atoms with Crippen LogP contribution in [0.5, 0.6) is 0 Å². The molecule has 140 valence electrons. The molecule has 3 aromatic rings. The molecule has 1 unspecified atom stereocenters. The Labute approximate surface area is 165 Å². The minimum Gasteiger partial charge on any atom is -0.467 e. The third kappa shape index (κ3) is 3.79. The normalized spacial score (nSPS) is 14.9. The van der Waals surface area contributed by atoms with Crippen molar-refractivity contribution in [1.82, 2.24) is 5.32 Å². The molecule has 4 nitrogen and oxygen atoms in total. The fourth-order valence-electron chi connectivity index (χ4n) is 3.58. The number of hydrogen-bond donors (Lipinski definition) is 1. The van der Waals surface area contributed by atoms with Crippen molar-refractivity contribution < 1.29 is 9.21 Å². The largest absolute Gasteiger partial charge is 0.467 e. The lowest BCUT2D eigenvalue weighted by Gasteiger charge is -2.24. The van der Waals surface area contributed by atoms with Gasteiger partial charge in [-0.1, -0.05) is 48.2 Å². The number of anilines is 1. The fourth-order valence-corrected chi connectivity index (χ4v) is 3.58. The van der Waals surface area contributed by atoms with Crippen molar-refractivity contribution in [2.45, 2.75) is 25.9 Å². The molecule has 0 aliphatic carbocycles. The maximum absolute atomic E-state index is 12.6. The number of rotatable bonds is 4. The Kier molecular flexibility index (Phi) is 5.16. The smallest absolute Gasteiger partial charge is 0.255 e. The molecule has 1 aromatic heterocycles. The van der Waals surface area contributed by atoms with Gasteiger partial charge in [-0.15, -0.1) is 0 Å². The molecule has 28 heavy (non-hydrogen) atoms. The van der Waals surface area contributed by atoms with Crippen molar-refractivity contribution >= 4 is 11.6 Å². The first-order valence-corrected chi connectivity index (χ1v) is 9.45. The molecule has 0 saturated carbocycles. The van der Waals surface area contributed by atoms with E-state index in [1.807, 2.05) is 36.4 Å². The van der Waals surface area contributed by atoms with Crippen molar-refractivity contribution in [3.8, 4) is 11.8 Å². The van der Waals surface area contributed by atoms with Gasteiger partial charge in [0.1, 0.15) is 5.76 Å². The van der Waals surface area contributed by atoms with Crippen LogP contribution in [0, 0.1) is 11.8 Å². The standard InChI is InChI=1S/C24H22N2O2/c1-18-16-20-11-5-6-12-22(20)26(18)17-23-21(13-15-28-23)24(27)25-14-7-10-19-8-3-2-4-9-19/h2-6,8-9,11-13,15,18H,14,16-17H2,1H3,(H,25,27). The van der Waals surface area contributed by atoms with Gasteiger partial charge in [0.15, 0.2) is 0 Å². The number of benzene rings is 2. The molecule has 0 bridgehead atoms. The van der Waals surface area contributed by atoms with Crippen LogP contribution < -0.4 is 10.2 Å². The lowest BCUT2D eigenvalue weighted by Crippen LogP contribution is -2.30. The maximum Gasteiger partial charge on any atom is 0.255 e. The molecule has 4 rings (SSSR count). The van der Waals surface area contributed by atoms with E-state index in [-0.39, 0.29) is 5.91 Å². The van der Waals surface area contributed by atoms with Gasteiger partial charge in [-0.3, -0.25) is 4.79 Å². The van der Waals surface area contributed by atoms with E-state index in [9.17, 15) is 4.79 Å². The van der Waals surface area contributed by atoms with Crippen molar-refractivity contribution in [3.05, 3.63) is 89.4 Å². The van der Waals surface area contributed by atoms with Gasteiger partial charge in [-0.05, 0) is 43.2 Å². The molecule has 0 radical (unpaired) electrons. The van der Waals surface area contributed by atoms with E-state index in [1.54, 1.807) is 12.3 Å². The van der Waals surface area contributed by atoms with Gasteiger partial charge >= 0.3 is 0 Å². The number of para-hydroxylation sites is 1. The molecule has 1 N–H and O–H groups in total. The molecule has 1 atom stereocenters. The minimum absolute atomic E-state index is 0.161. The van der Waals surface area contributed by atoms with Crippen LogP contribution in [0.25, 0.3) is 0 Å². The Hall–Kier alpha value is -3.45. The topological polar surface area (TPSA) is 45.5 Å². The summed E-state index contributed by atoms with van der Waals surface area (Å²) in [7, 11) is 0. The average molecular weight is 370 g/mol. The summed E-state index contributed by atoms with van der Waals surface area (Å²) in [6.45, 7) is 3.06. The van der Waals surface area contributed by atoms with Crippen LogP contribution in [0.2, 0.25) is 0 Å². The molecule has 1 aliphatic heterocycles. The van der Waals surface area contributed by atoms with Gasteiger partial charge in [0, 0.05) is 17.3 Å². The number of nitrogens with one attached hydrogen (secondary N) is 1. The van der Waals surface area contributed by atoms with Crippen LogP contribution in [-0.2, 0) is 13.0 Å². The molecule has 4 heteroatoms. The highest BCUT2D eigenvalue weighted by atomic mass is 16.3. The highest BCUT2D eigenvalue weighted by Gasteiger charge is 2.27. The summed E-state index contributed by atoms with van der Waals surface area (Å²) < 4.78 is 5.65. The molecule has 2 aromatic carbocycles. The summed E-state index contributed by atoms with van der Waals surface area (Å²) in [4.78, 5) is 14.9. The van der Waals surface area contributed by atoms with Gasteiger partial charge in [0.25, 0.3) is 5.91 Å². The van der Waals surface area contributed by atoms with Crippen molar-refractivity contribution in [1.29, 1.82) is 0 Å². The minimum atomic E-state index is -0.161. The molecule has 0 saturated heterocycles. The monoisotopic (exact) mass is 370 g/mol. The van der Waals surface area contributed by atoms with Crippen LogP contribution in [-0.4, -0.2) is 18.5 Å². The van der Waals surface area contributed by atoms with Gasteiger partial charge in [0.2, 0.25) is 0 Å². The SMILES string of the molecule is CC1Cc2ccccc2N1Cc1occc1C(=O)NCC#Cc1ccccc1. The Balaban J connectivity index is 1.42.